The van der Waals surface area contributed by atoms with Crippen LogP contribution < -0.4 is 11.1 Å². The van der Waals surface area contributed by atoms with Gasteiger partial charge in [-0.1, -0.05) is 0 Å². The molecular formula is C15H16F3N3O3. The van der Waals surface area contributed by atoms with E-state index in [9.17, 15) is 27.6 Å². The van der Waals surface area contributed by atoms with E-state index in [4.69, 9.17) is 5.73 Å². The van der Waals surface area contributed by atoms with E-state index in [-0.39, 0.29) is 31.8 Å². The molecule has 9 heteroatoms. The molecule has 0 radical (unpaired) electrons. The normalized spacial score (nSPS) is 15.9. The number of nitrogens with zero attached hydrogens (tertiary/aromatic N) is 1. The SMILES string of the molecule is NC(=O)c1ccc(NC(=O)C2CCN(C(=O)C(F)(F)F)CC2)cc1. The summed E-state index contributed by atoms with van der Waals surface area (Å²) in [5, 5.41) is 2.64. The molecule has 130 valence electrons. The number of benzene rings is 1. The van der Waals surface area contributed by atoms with Crippen molar-refractivity contribution in [3.63, 3.8) is 0 Å². The lowest BCUT2D eigenvalue weighted by Crippen LogP contribution is -2.46. The van der Waals surface area contributed by atoms with E-state index in [1.54, 1.807) is 0 Å². The van der Waals surface area contributed by atoms with Crippen molar-refractivity contribution in [2.24, 2.45) is 11.7 Å². The highest BCUT2D eigenvalue weighted by Gasteiger charge is 2.43. The average molecular weight is 343 g/mol. The fourth-order valence-corrected chi connectivity index (χ4v) is 2.49. The third-order valence-electron chi connectivity index (χ3n) is 3.83. The Bertz CT molecular complexity index is 636. The van der Waals surface area contributed by atoms with Gasteiger partial charge in [0.1, 0.15) is 0 Å². The molecule has 1 aromatic carbocycles. The van der Waals surface area contributed by atoms with Crippen LogP contribution in [0.2, 0.25) is 0 Å². The van der Waals surface area contributed by atoms with E-state index < -0.39 is 23.9 Å². The molecule has 0 atom stereocenters. The molecule has 0 unspecified atom stereocenters. The van der Waals surface area contributed by atoms with Crippen LogP contribution in [-0.4, -0.2) is 41.9 Å². The van der Waals surface area contributed by atoms with Crippen LogP contribution in [0.4, 0.5) is 18.9 Å². The fourth-order valence-electron chi connectivity index (χ4n) is 2.49. The van der Waals surface area contributed by atoms with Gasteiger partial charge < -0.3 is 16.0 Å². The number of likely N-dealkylation sites (tertiary alicyclic amines) is 1. The minimum absolute atomic E-state index is 0.114. The van der Waals surface area contributed by atoms with Crippen molar-refractivity contribution in [2.75, 3.05) is 18.4 Å². The van der Waals surface area contributed by atoms with E-state index in [2.05, 4.69) is 5.32 Å². The summed E-state index contributed by atoms with van der Waals surface area (Å²) >= 11 is 0. The summed E-state index contributed by atoms with van der Waals surface area (Å²) in [5.41, 5.74) is 5.87. The maximum atomic E-state index is 12.4. The van der Waals surface area contributed by atoms with Crippen molar-refractivity contribution in [1.82, 2.24) is 4.90 Å². The molecule has 1 aliphatic rings. The van der Waals surface area contributed by atoms with Crippen molar-refractivity contribution in [2.45, 2.75) is 19.0 Å². The molecular weight excluding hydrogens is 327 g/mol. The molecule has 3 amide bonds. The van der Waals surface area contributed by atoms with Gasteiger partial charge in [-0.2, -0.15) is 13.2 Å². The zero-order chi connectivity index (χ0) is 17.9. The predicted octanol–water partition coefficient (Wildman–Crippen LogP) is 1.52. The van der Waals surface area contributed by atoms with Crippen LogP contribution in [0.1, 0.15) is 23.2 Å². The topological polar surface area (TPSA) is 92.5 Å². The molecule has 24 heavy (non-hydrogen) atoms. The van der Waals surface area contributed by atoms with Crippen molar-refractivity contribution in [3.05, 3.63) is 29.8 Å². The minimum Gasteiger partial charge on any atom is -0.366 e. The highest BCUT2D eigenvalue weighted by atomic mass is 19.4. The van der Waals surface area contributed by atoms with Gasteiger partial charge in [0.25, 0.3) is 0 Å². The Balaban J connectivity index is 1.89. The van der Waals surface area contributed by atoms with Gasteiger partial charge in [0, 0.05) is 30.3 Å². The number of carbonyl (C=O) groups is 3. The standard InChI is InChI=1S/C15H16F3N3O3/c16-15(17,18)14(24)21-7-5-10(6-8-21)13(23)20-11-3-1-9(2-4-11)12(19)22/h1-4,10H,5-8H2,(H2,19,22)(H,20,23). The van der Waals surface area contributed by atoms with Gasteiger partial charge in [0.2, 0.25) is 11.8 Å². The number of anilines is 1. The summed E-state index contributed by atoms with van der Waals surface area (Å²) in [6.45, 7) is -0.228. The maximum Gasteiger partial charge on any atom is 0.471 e. The minimum atomic E-state index is -4.89. The van der Waals surface area contributed by atoms with Crippen LogP contribution in [-0.2, 0) is 9.59 Å². The highest BCUT2D eigenvalue weighted by Crippen LogP contribution is 2.24. The van der Waals surface area contributed by atoms with E-state index in [1.807, 2.05) is 0 Å². The number of rotatable bonds is 3. The summed E-state index contributed by atoms with van der Waals surface area (Å²) < 4.78 is 37.1. The molecule has 0 aromatic heterocycles. The number of hydrogen-bond donors (Lipinski definition) is 2. The number of hydrogen-bond acceptors (Lipinski definition) is 3. The lowest BCUT2D eigenvalue weighted by molar-refractivity contribution is -0.186. The summed E-state index contributed by atoms with van der Waals surface area (Å²) in [6, 6.07) is 5.95. The Morgan fingerprint density at radius 1 is 1.08 bits per heavy atom. The van der Waals surface area contributed by atoms with Gasteiger partial charge >= 0.3 is 12.1 Å². The van der Waals surface area contributed by atoms with Crippen molar-refractivity contribution in [3.8, 4) is 0 Å². The largest absolute Gasteiger partial charge is 0.471 e. The fraction of sp³-hybridized carbons (Fsp3) is 0.400. The Morgan fingerprint density at radius 2 is 1.62 bits per heavy atom. The monoisotopic (exact) mass is 343 g/mol. The number of amides is 3. The lowest BCUT2D eigenvalue weighted by Gasteiger charge is -2.31. The van der Waals surface area contributed by atoms with Gasteiger partial charge in [-0.15, -0.1) is 0 Å². The summed E-state index contributed by atoms with van der Waals surface area (Å²) in [7, 11) is 0. The van der Waals surface area contributed by atoms with E-state index in [1.165, 1.54) is 24.3 Å². The Kier molecular flexibility index (Phi) is 5.10. The molecule has 1 fully saturated rings. The second-order valence-corrected chi connectivity index (χ2v) is 5.50. The van der Waals surface area contributed by atoms with E-state index in [0.717, 1.165) is 0 Å². The quantitative estimate of drug-likeness (QED) is 0.872. The van der Waals surface area contributed by atoms with Gasteiger partial charge in [-0.05, 0) is 37.1 Å². The number of carbonyl (C=O) groups excluding carboxylic acids is 3. The molecule has 3 N–H and O–H groups in total. The van der Waals surface area contributed by atoms with Gasteiger partial charge in [-0.25, -0.2) is 0 Å². The highest BCUT2D eigenvalue weighted by molar-refractivity contribution is 5.95. The Morgan fingerprint density at radius 3 is 2.08 bits per heavy atom. The summed E-state index contributed by atoms with van der Waals surface area (Å²) in [6.07, 6.45) is -4.57. The van der Waals surface area contributed by atoms with Gasteiger partial charge in [0.15, 0.2) is 0 Å². The first-order valence-corrected chi connectivity index (χ1v) is 7.25. The summed E-state index contributed by atoms with van der Waals surface area (Å²) in [4.78, 5) is 34.9. The molecule has 0 aliphatic carbocycles. The maximum absolute atomic E-state index is 12.4. The van der Waals surface area contributed by atoms with Crippen LogP contribution in [0.3, 0.4) is 0 Å². The van der Waals surface area contributed by atoms with Gasteiger partial charge in [0.05, 0.1) is 0 Å². The van der Waals surface area contributed by atoms with Crippen LogP contribution in [0, 0.1) is 5.92 Å². The smallest absolute Gasteiger partial charge is 0.366 e. The number of piperidine rings is 1. The number of nitrogens with one attached hydrogen (secondary N) is 1. The average Bonchev–Trinajstić information content (AvgIpc) is 2.54. The molecule has 2 rings (SSSR count). The first-order chi connectivity index (χ1) is 11.2. The molecule has 0 saturated carbocycles. The van der Waals surface area contributed by atoms with Crippen LogP contribution in [0.5, 0.6) is 0 Å². The Hall–Kier alpha value is -2.58. The van der Waals surface area contributed by atoms with E-state index >= 15 is 0 Å². The Labute approximate surface area is 135 Å². The number of halogens is 3. The van der Waals surface area contributed by atoms with Crippen molar-refractivity contribution in [1.29, 1.82) is 0 Å². The molecule has 1 aromatic rings. The third-order valence-corrected chi connectivity index (χ3v) is 3.83. The molecule has 1 aliphatic heterocycles. The lowest BCUT2D eigenvalue weighted by atomic mass is 9.95. The molecule has 6 nitrogen and oxygen atoms in total. The van der Waals surface area contributed by atoms with Crippen molar-refractivity contribution >= 4 is 23.4 Å². The van der Waals surface area contributed by atoms with Gasteiger partial charge in [-0.3, -0.25) is 14.4 Å². The van der Waals surface area contributed by atoms with Crippen LogP contribution in [0.25, 0.3) is 0 Å². The predicted molar refractivity (Wildman–Crippen MR) is 78.9 cm³/mol. The number of primary amides is 1. The molecule has 0 bridgehead atoms. The molecule has 1 heterocycles. The zero-order valence-electron chi connectivity index (χ0n) is 12.6. The summed E-state index contributed by atoms with van der Waals surface area (Å²) in [5.74, 6) is -3.27. The third kappa shape index (κ3) is 4.24. The zero-order valence-corrected chi connectivity index (χ0v) is 12.6. The second kappa shape index (κ2) is 6.90. The second-order valence-electron chi connectivity index (χ2n) is 5.50. The first-order valence-electron chi connectivity index (χ1n) is 7.25. The first kappa shape index (κ1) is 17.8. The van der Waals surface area contributed by atoms with Crippen LogP contribution >= 0.6 is 0 Å². The van der Waals surface area contributed by atoms with E-state index in [0.29, 0.717) is 16.2 Å². The number of alkyl halides is 3. The van der Waals surface area contributed by atoms with Crippen LogP contribution in [0.15, 0.2) is 24.3 Å². The molecule has 0 spiro atoms. The number of nitrogens with two attached hydrogens (primary N) is 1. The van der Waals surface area contributed by atoms with Crippen molar-refractivity contribution < 1.29 is 27.6 Å². The molecule has 1 saturated heterocycles.